The largest absolute Gasteiger partial charge is 0.394 e. The molecule has 2 aliphatic heterocycles. The first-order valence-electron chi connectivity index (χ1n) is 14.6. The maximum atomic E-state index is 12.7. The second kappa shape index (κ2) is 13.1. The van der Waals surface area contributed by atoms with E-state index in [-0.39, 0.29) is 35.4 Å². The number of aromatic nitrogens is 8. The molecule has 0 radical (unpaired) electrons. The summed E-state index contributed by atoms with van der Waals surface area (Å²) in [6.07, 6.45) is -1.70. The summed E-state index contributed by atoms with van der Waals surface area (Å²) in [6, 6.07) is 0.0374. The molecule has 0 spiro atoms. The van der Waals surface area contributed by atoms with E-state index in [0.717, 1.165) is 12.8 Å². The van der Waals surface area contributed by atoms with E-state index in [0.29, 0.717) is 11.2 Å². The molecule has 46 heavy (non-hydrogen) atoms. The van der Waals surface area contributed by atoms with Crippen LogP contribution in [0.5, 0.6) is 0 Å². The second-order valence-electron chi connectivity index (χ2n) is 11.2. The summed E-state index contributed by atoms with van der Waals surface area (Å²) in [7, 11) is 0. The molecule has 250 valence electrons. The molecule has 21 heteroatoms. The smallest absolute Gasteiger partial charge is 0.324 e. The molecule has 2 fully saturated rings. The van der Waals surface area contributed by atoms with Gasteiger partial charge in [0, 0.05) is 12.5 Å². The number of nitrogens with two attached hydrogens (primary N) is 1. The lowest BCUT2D eigenvalue weighted by Gasteiger charge is -2.24. The number of imidazole rings is 2. The van der Waals surface area contributed by atoms with E-state index in [1.54, 1.807) is 4.57 Å². The van der Waals surface area contributed by atoms with Crippen LogP contribution in [0.1, 0.15) is 45.6 Å². The van der Waals surface area contributed by atoms with Gasteiger partial charge >= 0.3 is 6.72 Å². The number of nitrogens with one attached hydrogen (secondary N) is 2. The normalized spacial score (nSPS) is 28.6. The first-order valence-corrected chi connectivity index (χ1v) is 17.2. The monoisotopic (exact) mass is 682 g/mol. The summed E-state index contributed by atoms with van der Waals surface area (Å²) >= 11 is 5.23. The lowest BCUT2D eigenvalue weighted by molar-refractivity contribution is -0.0546. The van der Waals surface area contributed by atoms with E-state index < -0.39 is 68.5 Å². The quantitative estimate of drug-likeness (QED) is 0.0942. The van der Waals surface area contributed by atoms with Gasteiger partial charge in [0.05, 0.1) is 32.0 Å². The number of hydrogen-bond acceptors (Lipinski definition) is 16. The Morgan fingerprint density at radius 3 is 2.67 bits per heavy atom. The summed E-state index contributed by atoms with van der Waals surface area (Å²) in [4.78, 5) is 47.1. The highest BCUT2D eigenvalue weighted by Gasteiger charge is 2.46. The molecular formula is C25H35N10O9PS. The topological polar surface area (TPSA) is 263 Å². The Balaban J connectivity index is 1.12. The lowest BCUT2D eigenvalue weighted by Crippen LogP contribution is -2.34. The molecule has 0 amide bonds. The van der Waals surface area contributed by atoms with Gasteiger partial charge in [0.2, 0.25) is 5.95 Å². The van der Waals surface area contributed by atoms with Gasteiger partial charge in [0.1, 0.15) is 42.5 Å². The van der Waals surface area contributed by atoms with Crippen LogP contribution >= 0.6 is 6.72 Å². The Kier molecular flexibility index (Phi) is 9.36. The maximum Gasteiger partial charge on any atom is 0.324 e. The van der Waals surface area contributed by atoms with Crippen LogP contribution in [0.2, 0.25) is 0 Å². The van der Waals surface area contributed by atoms with Gasteiger partial charge in [0.25, 0.3) is 5.56 Å². The van der Waals surface area contributed by atoms with Gasteiger partial charge < -0.3 is 49.8 Å². The summed E-state index contributed by atoms with van der Waals surface area (Å²) in [5.41, 5.74) is 6.34. The third-order valence-corrected chi connectivity index (χ3v) is 9.46. The van der Waals surface area contributed by atoms with Crippen LogP contribution in [0.3, 0.4) is 0 Å². The highest BCUT2D eigenvalue weighted by Crippen LogP contribution is 2.49. The summed E-state index contributed by atoms with van der Waals surface area (Å²) < 4.78 is 26.0. The molecule has 2 aliphatic rings. The maximum absolute atomic E-state index is 12.7. The predicted octanol–water partition coefficient (Wildman–Crippen LogP) is -0.340. The Morgan fingerprint density at radius 1 is 1.15 bits per heavy atom. The number of aliphatic hydroxyl groups excluding tert-OH is 3. The molecule has 2 saturated heterocycles. The van der Waals surface area contributed by atoms with Crippen molar-refractivity contribution in [3.8, 4) is 0 Å². The third-order valence-electron chi connectivity index (χ3n) is 7.88. The summed E-state index contributed by atoms with van der Waals surface area (Å²) in [5, 5.41) is 34.7. The molecule has 0 aromatic carbocycles. The van der Waals surface area contributed by atoms with Crippen molar-refractivity contribution in [2.75, 3.05) is 24.3 Å². The van der Waals surface area contributed by atoms with E-state index in [9.17, 15) is 25.0 Å². The second-order valence-corrected chi connectivity index (χ2v) is 13.9. The summed E-state index contributed by atoms with van der Waals surface area (Å²) in [6.45, 7) is -0.882. The number of ether oxygens (including phenoxy) is 2. The Hall–Kier alpha value is -3.17. The molecular weight excluding hydrogens is 647 g/mol. The molecule has 0 saturated carbocycles. The molecule has 4 aromatic rings. The van der Waals surface area contributed by atoms with Crippen molar-refractivity contribution in [2.45, 2.75) is 82.1 Å². The van der Waals surface area contributed by atoms with Gasteiger partial charge in [-0.1, -0.05) is 13.3 Å². The number of anilines is 2. The zero-order chi connectivity index (χ0) is 32.7. The van der Waals surface area contributed by atoms with Crippen LogP contribution in [-0.2, 0) is 30.3 Å². The number of H-pyrrole nitrogens is 1. The highest BCUT2D eigenvalue weighted by atomic mass is 32.5. The molecule has 6 rings (SSSR count). The zero-order valence-electron chi connectivity index (χ0n) is 24.8. The van der Waals surface area contributed by atoms with Crippen molar-refractivity contribution in [1.29, 1.82) is 0 Å². The van der Waals surface area contributed by atoms with Crippen molar-refractivity contribution in [3.63, 3.8) is 0 Å². The van der Waals surface area contributed by atoms with Crippen molar-refractivity contribution >= 4 is 52.6 Å². The minimum atomic E-state index is -3.99. The Morgan fingerprint density at radius 2 is 1.91 bits per heavy atom. The molecule has 9 atom stereocenters. The minimum Gasteiger partial charge on any atom is -0.394 e. The number of fused-ring (bicyclic) bond motifs is 2. The van der Waals surface area contributed by atoms with E-state index in [1.807, 2.05) is 13.8 Å². The van der Waals surface area contributed by atoms with Crippen LogP contribution in [0.4, 0.5) is 11.8 Å². The highest BCUT2D eigenvalue weighted by molar-refractivity contribution is 8.07. The van der Waals surface area contributed by atoms with Gasteiger partial charge in [-0.15, -0.1) is 0 Å². The average Bonchev–Trinajstić information content (AvgIpc) is 3.78. The average molecular weight is 683 g/mol. The van der Waals surface area contributed by atoms with Crippen LogP contribution in [0.15, 0.2) is 23.8 Å². The predicted molar refractivity (Wildman–Crippen MR) is 165 cm³/mol. The van der Waals surface area contributed by atoms with E-state index in [2.05, 4.69) is 35.2 Å². The Labute approximate surface area is 266 Å². The third kappa shape index (κ3) is 6.37. The van der Waals surface area contributed by atoms with Crippen molar-refractivity contribution < 1.29 is 38.7 Å². The number of nitrogens with zero attached hydrogens (tertiary/aromatic N) is 7. The fourth-order valence-corrected chi connectivity index (χ4v) is 7.09. The van der Waals surface area contributed by atoms with Gasteiger partial charge in [0.15, 0.2) is 28.9 Å². The number of nitrogen functional groups attached to an aromatic ring is 1. The van der Waals surface area contributed by atoms with Crippen molar-refractivity contribution in [1.82, 2.24) is 39.0 Å². The number of rotatable bonds is 12. The van der Waals surface area contributed by atoms with Crippen molar-refractivity contribution in [3.05, 3.63) is 29.3 Å². The first-order chi connectivity index (χ1) is 22.0. The van der Waals surface area contributed by atoms with E-state index >= 15 is 0 Å². The molecule has 2 unspecified atom stereocenters. The number of aliphatic hydroxyl groups is 3. The molecule has 8 N–H and O–H groups in total. The van der Waals surface area contributed by atoms with Crippen molar-refractivity contribution in [2.24, 2.45) is 0 Å². The SMILES string of the molecule is CCCC(C)Nc1nc2c(ncn2[C@@H]2O[C@H](COP(O)(=S)O[C@H]3C[C@H](n4cnc5c(N)ncnc54)O[C@@H]3CO)[C@@H](O)[C@H]2O)c(=O)[nH]1. The fraction of sp³-hybridized carbons (Fsp3) is 0.600. The number of hydrogen-bond donors (Lipinski definition) is 7. The fourth-order valence-electron chi connectivity index (χ4n) is 5.61. The van der Waals surface area contributed by atoms with Gasteiger partial charge in [-0.25, -0.2) is 19.9 Å². The van der Waals surface area contributed by atoms with E-state index in [4.69, 9.17) is 36.1 Å². The van der Waals surface area contributed by atoms with Crippen LogP contribution in [0, 0.1) is 0 Å². The minimum absolute atomic E-state index is 0.0214. The zero-order valence-corrected chi connectivity index (χ0v) is 26.5. The standard InChI is InChI=1S/C25H35N10O9PS/c1-3-4-11(2)31-25-32-22-17(23(39)33-25)30-10-35(22)24-19(38)18(37)14(43-24)7-41-45(40,46)44-12-5-15(42-13(12)6-36)34-9-29-16-20(26)27-8-28-21(16)34/h8-15,18-19,24,36-38H,3-7H2,1-2H3,(H,40,46)(H2,26,27,28)(H2,31,32,33,39)/t11?,12-,13+,14+,15+,18+,19+,24+,45?/m0/s1. The molecule has 19 nitrogen and oxygen atoms in total. The molecule has 4 aromatic heterocycles. The van der Waals surface area contributed by atoms with Gasteiger partial charge in [-0.05, 0) is 25.2 Å². The molecule has 0 aliphatic carbocycles. The van der Waals surface area contributed by atoms with E-state index in [1.165, 1.54) is 23.5 Å². The van der Waals surface area contributed by atoms with Gasteiger partial charge in [-0.2, -0.15) is 4.98 Å². The number of aromatic amines is 1. The van der Waals surface area contributed by atoms with Crippen LogP contribution in [0.25, 0.3) is 22.3 Å². The van der Waals surface area contributed by atoms with Gasteiger partial charge in [-0.3, -0.25) is 18.9 Å². The van der Waals surface area contributed by atoms with Crippen LogP contribution in [-0.4, -0.2) is 109 Å². The van der Waals surface area contributed by atoms with Crippen LogP contribution < -0.4 is 16.6 Å². The lowest BCUT2D eigenvalue weighted by atomic mass is 10.1. The first kappa shape index (κ1) is 32.8. The molecule has 6 heterocycles. The Bertz CT molecular complexity index is 1800. The molecule has 0 bridgehead atoms. The summed E-state index contributed by atoms with van der Waals surface area (Å²) in [5.74, 6) is 0.422.